The van der Waals surface area contributed by atoms with E-state index in [0.717, 1.165) is 0 Å². The lowest BCUT2D eigenvalue weighted by Crippen LogP contribution is -2.37. The molecule has 2 unspecified atom stereocenters. The number of phenolic OH excluding ortho intramolecular Hbond substituents is 1. The Morgan fingerprint density at radius 3 is 2.76 bits per heavy atom. The molecule has 0 radical (unpaired) electrons. The summed E-state index contributed by atoms with van der Waals surface area (Å²) in [5.41, 5.74) is -0.215. The first-order chi connectivity index (χ1) is 12.0. The van der Waals surface area contributed by atoms with E-state index in [2.05, 4.69) is 10.3 Å². The van der Waals surface area contributed by atoms with Crippen LogP contribution in [0.4, 0.5) is 11.5 Å². The van der Waals surface area contributed by atoms with Gasteiger partial charge in [0.2, 0.25) is 0 Å². The topological polar surface area (TPSA) is 126 Å². The number of benzene rings is 1. The van der Waals surface area contributed by atoms with Gasteiger partial charge in [0.15, 0.2) is 6.23 Å². The summed E-state index contributed by atoms with van der Waals surface area (Å²) in [5.74, 6) is 0.273. The summed E-state index contributed by atoms with van der Waals surface area (Å²) in [4.78, 5) is 16.2. The molecule has 134 valence electrons. The molecule has 1 aromatic heterocycles. The molecule has 0 saturated carbocycles. The highest BCUT2D eigenvalue weighted by Gasteiger charge is 2.45. The number of para-hydroxylation sites is 2. The molecule has 0 bridgehead atoms. The number of nitrogens with zero attached hydrogens (tertiary/aromatic N) is 2. The third-order valence-corrected chi connectivity index (χ3v) is 4.04. The van der Waals surface area contributed by atoms with Crippen LogP contribution in [0, 0.1) is 0 Å². The van der Waals surface area contributed by atoms with Crippen LogP contribution in [0.1, 0.15) is 6.23 Å². The van der Waals surface area contributed by atoms with E-state index in [1.165, 1.54) is 30.0 Å². The van der Waals surface area contributed by atoms with E-state index in [4.69, 9.17) is 9.47 Å². The van der Waals surface area contributed by atoms with E-state index < -0.39 is 36.8 Å². The van der Waals surface area contributed by atoms with Crippen LogP contribution in [0.25, 0.3) is 0 Å². The molecule has 1 aliphatic heterocycles. The maximum Gasteiger partial charge on any atom is 0.351 e. The minimum atomic E-state index is -1.06. The largest absolute Gasteiger partial charge is 0.506 e. The Labute approximate surface area is 143 Å². The number of nitrogens with one attached hydrogen (secondary N) is 1. The maximum absolute atomic E-state index is 12.3. The number of anilines is 2. The molecule has 1 fully saturated rings. The molecular formula is C16H19N3O6. The smallest absolute Gasteiger partial charge is 0.351 e. The van der Waals surface area contributed by atoms with Gasteiger partial charge in [-0.25, -0.2) is 4.79 Å². The third-order valence-electron chi connectivity index (χ3n) is 4.04. The lowest BCUT2D eigenvalue weighted by Gasteiger charge is -2.20. The number of aliphatic hydroxyl groups is 2. The molecule has 0 aliphatic carbocycles. The number of aromatic hydroxyl groups is 1. The van der Waals surface area contributed by atoms with Crippen molar-refractivity contribution in [1.29, 1.82) is 0 Å². The second-order valence-corrected chi connectivity index (χ2v) is 5.58. The summed E-state index contributed by atoms with van der Waals surface area (Å²) in [6.45, 7) is -0.396. The van der Waals surface area contributed by atoms with Gasteiger partial charge < -0.3 is 30.1 Å². The highest BCUT2D eigenvalue weighted by Crippen LogP contribution is 2.30. The predicted molar refractivity (Wildman–Crippen MR) is 87.7 cm³/mol. The van der Waals surface area contributed by atoms with Crippen LogP contribution in [0.5, 0.6) is 5.75 Å². The van der Waals surface area contributed by atoms with E-state index in [-0.39, 0.29) is 11.6 Å². The van der Waals surface area contributed by atoms with Crippen molar-refractivity contribution in [2.75, 3.05) is 19.0 Å². The van der Waals surface area contributed by atoms with E-state index in [1.807, 2.05) is 0 Å². The second kappa shape index (κ2) is 7.19. The quantitative estimate of drug-likeness (QED) is 0.554. The number of methoxy groups -OCH3 is 1. The van der Waals surface area contributed by atoms with Gasteiger partial charge in [0, 0.05) is 13.3 Å². The van der Waals surface area contributed by atoms with Crippen LogP contribution < -0.4 is 11.0 Å². The molecule has 25 heavy (non-hydrogen) atoms. The van der Waals surface area contributed by atoms with E-state index >= 15 is 0 Å². The number of rotatable bonds is 5. The van der Waals surface area contributed by atoms with Gasteiger partial charge in [-0.2, -0.15) is 4.98 Å². The molecule has 2 heterocycles. The Kier molecular flexibility index (Phi) is 5.00. The molecular weight excluding hydrogens is 330 g/mol. The van der Waals surface area contributed by atoms with Gasteiger partial charge >= 0.3 is 5.69 Å². The van der Waals surface area contributed by atoms with Crippen LogP contribution in [0.3, 0.4) is 0 Å². The Bertz CT molecular complexity index is 795. The van der Waals surface area contributed by atoms with Crippen LogP contribution in [-0.2, 0) is 9.47 Å². The molecule has 0 amide bonds. The fourth-order valence-corrected chi connectivity index (χ4v) is 2.74. The third kappa shape index (κ3) is 3.35. The van der Waals surface area contributed by atoms with Gasteiger partial charge in [0.05, 0.1) is 12.3 Å². The number of aromatic nitrogens is 2. The molecule has 9 nitrogen and oxygen atoms in total. The zero-order valence-corrected chi connectivity index (χ0v) is 13.4. The highest BCUT2D eigenvalue weighted by atomic mass is 16.6. The summed E-state index contributed by atoms with van der Waals surface area (Å²) in [5, 5.41) is 31.9. The highest BCUT2D eigenvalue weighted by molar-refractivity contribution is 5.62. The van der Waals surface area contributed by atoms with E-state index in [0.29, 0.717) is 5.69 Å². The summed E-state index contributed by atoms with van der Waals surface area (Å²) in [6, 6.07) is 8.09. The summed E-state index contributed by atoms with van der Waals surface area (Å²) in [6.07, 6.45) is -2.18. The Balaban J connectivity index is 1.85. The van der Waals surface area contributed by atoms with Crippen LogP contribution in [0.2, 0.25) is 0 Å². The fraction of sp³-hybridized carbons (Fsp3) is 0.375. The van der Waals surface area contributed by atoms with Crippen molar-refractivity contribution in [3.8, 4) is 5.75 Å². The monoisotopic (exact) mass is 349 g/mol. The fourth-order valence-electron chi connectivity index (χ4n) is 2.74. The molecule has 1 aliphatic rings. The van der Waals surface area contributed by atoms with Crippen molar-refractivity contribution in [2.45, 2.75) is 24.5 Å². The zero-order chi connectivity index (χ0) is 18.0. The van der Waals surface area contributed by atoms with Crippen LogP contribution in [0.15, 0.2) is 41.3 Å². The number of phenols is 1. The van der Waals surface area contributed by atoms with Crippen molar-refractivity contribution in [2.24, 2.45) is 0 Å². The molecule has 1 aromatic carbocycles. The lowest BCUT2D eigenvalue weighted by molar-refractivity contribution is -0.0624. The SMILES string of the molecule is COC1C(O)[C@@H](CO)O[C@H]1n1ccc(Nc2ccccc2O)nc1=O. The number of hydrogen-bond acceptors (Lipinski definition) is 8. The number of aliphatic hydroxyl groups excluding tert-OH is 2. The van der Waals surface area contributed by atoms with E-state index in [1.54, 1.807) is 18.2 Å². The van der Waals surface area contributed by atoms with Gasteiger partial charge in [-0.05, 0) is 18.2 Å². The average Bonchev–Trinajstić information content (AvgIpc) is 2.92. The van der Waals surface area contributed by atoms with Gasteiger partial charge in [0.1, 0.15) is 29.9 Å². The minimum absolute atomic E-state index is 0.0287. The van der Waals surface area contributed by atoms with Crippen molar-refractivity contribution in [3.63, 3.8) is 0 Å². The number of hydrogen-bond donors (Lipinski definition) is 4. The first-order valence-electron chi connectivity index (χ1n) is 7.66. The average molecular weight is 349 g/mol. The molecule has 4 atom stereocenters. The predicted octanol–water partition coefficient (Wildman–Crippen LogP) is -0.0419. The summed E-state index contributed by atoms with van der Waals surface area (Å²) >= 11 is 0. The Morgan fingerprint density at radius 2 is 2.12 bits per heavy atom. The van der Waals surface area contributed by atoms with Crippen molar-refractivity contribution in [1.82, 2.24) is 9.55 Å². The van der Waals surface area contributed by atoms with Crippen molar-refractivity contribution >= 4 is 11.5 Å². The maximum atomic E-state index is 12.3. The van der Waals surface area contributed by atoms with Gasteiger partial charge in [-0.1, -0.05) is 12.1 Å². The normalized spacial score (nSPS) is 25.9. The minimum Gasteiger partial charge on any atom is -0.506 e. The number of ether oxygens (including phenoxy) is 2. The van der Waals surface area contributed by atoms with Crippen molar-refractivity contribution < 1.29 is 24.8 Å². The van der Waals surface area contributed by atoms with Gasteiger partial charge in [-0.15, -0.1) is 0 Å². The molecule has 3 rings (SSSR count). The molecule has 1 saturated heterocycles. The Hall–Kier alpha value is -2.46. The lowest BCUT2D eigenvalue weighted by atomic mass is 10.1. The van der Waals surface area contributed by atoms with Gasteiger partial charge in [-0.3, -0.25) is 4.57 Å². The second-order valence-electron chi connectivity index (χ2n) is 5.58. The van der Waals surface area contributed by atoms with Crippen molar-refractivity contribution in [3.05, 3.63) is 47.0 Å². The van der Waals surface area contributed by atoms with Gasteiger partial charge in [0.25, 0.3) is 0 Å². The van der Waals surface area contributed by atoms with Crippen LogP contribution >= 0.6 is 0 Å². The zero-order valence-electron chi connectivity index (χ0n) is 13.4. The molecule has 2 aromatic rings. The summed E-state index contributed by atoms with van der Waals surface area (Å²) in [7, 11) is 1.39. The first kappa shape index (κ1) is 17.4. The Morgan fingerprint density at radius 1 is 1.36 bits per heavy atom. The molecule has 9 heteroatoms. The standard InChI is InChI=1S/C16H19N3O6/c1-24-14-13(22)11(8-20)25-15(14)19-7-6-12(18-16(19)23)17-9-4-2-3-5-10(9)21/h2-7,11,13-15,20-22H,8H2,1H3,(H,17,18,23)/t11-,13?,14?,15-/m1/s1. The first-order valence-corrected chi connectivity index (χ1v) is 7.66. The summed E-state index contributed by atoms with van der Waals surface area (Å²) < 4.78 is 11.9. The molecule has 4 N–H and O–H groups in total. The van der Waals surface area contributed by atoms with E-state index in [9.17, 15) is 20.1 Å². The molecule has 0 spiro atoms. The van der Waals surface area contributed by atoms with Crippen LogP contribution in [-0.4, -0.2) is 56.9 Å².